The Bertz CT molecular complexity index is 518. The van der Waals surface area contributed by atoms with Gasteiger partial charge in [0.25, 0.3) is 5.79 Å². The normalized spacial score (nSPS) is 16.1. The Morgan fingerprint density at radius 2 is 1.57 bits per heavy atom. The van der Waals surface area contributed by atoms with Crippen LogP contribution in [0.15, 0.2) is 0 Å². The van der Waals surface area contributed by atoms with Crippen molar-refractivity contribution in [1.82, 2.24) is 0 Å². The second kappa shape index (κ2) is 5.77. The number of rotatable bonds is 5. The fourth-order valence-electron chi connectivity index (χ4n) is 0.927. The topological polar surface area (TPSA) is 127 Å². The van der Waals surface area contributed by atoms with Crippen LogP contribution in [0.3, 0.4) is 0 Å². The average Bonchev–Trinajstić information content (AvgIpc) is 2.09. The van der Waals surface area contributed by atoms with Crippen molar-refractivity contribution in [3.05, 3.63) is 0 Å². The molecule has 0 fully saturated rings. The Labute approximate surface area is 117 Å². The van der Waals surface area contributed by atoms with E-state index in [-0.39, 0.29) is 0 Å². The van der Waals surface area contributed by atoms with Crippen LogP contribution in [0, 0.1) is 0 Å². The van der Waals surface area contributed by atoms with Crippen LogP contribution in [-0.4, -0.2) is 47.5 Å². The van der Waals surface area contributed by atoms with Crippen molar-refractivity contribution in [3.8, 4) is 0 Å². The molecular weight excluding hydrogens is 325 g/mol. The maximum Gasteiger partial charge on any atom is 0.523 e. The number of carbonyl (C=O) groups is 2. The van der Waals surface area contributed by atoms with Gasteiger partial charge in [-0.25, -0.2) is 8.98 Å². The van der Waals surface area contributed by atoms with E-state index in [2.05, 4.69) is 8.92 Å². The molecule has 8 nitrogen and oxygen atoms in total. The first-order valence-corrected chi connectivity index (χ1v) is 6.60. The van der Waals surface area contributed by atoms with Crippen LogP contribution in [0.5, 0.6) is 0 Å². The molecule has 1 unspecified atom stereocenters. The fourth-order valence-corrected chi connectivity index (χ4v) is 1.51. The zero-order valence-corrected chi connectivity index (χ0v) is 11.9. The highest BCUT2D eigenvalue weighted by molar-refractivity contribution is 7.87. The molecular formula is C9H13F3O8S. The number of carboxylic acid groups (broad SMARTS) is 1. The number of hydrogen-bond donors (Lipinski definition) is 2. The van der Waals surface area contributed by atoms with E-state index in [9.17, 15) is 36.3 Å². The number of halogens is 3. The first-order chi connectivity index (χ1) is 9.00. The molecule has 0 radical (unpaired) electrons. The summed E-state index contributed by atoms with van der Waals surface area (Å²) in [5, 5.41) is 18.0. The SMILES string of the molecule is CC(C)(C)OC(=O)C(O)(CC(=O)O)OS(=O)(=O)C(F)(F)F. The maximum absolute atomic E-state index is 12.2. The van der Waals surface area contributed by atoms with E-state index < -0.39 is 45.4 Å². The van der Waals surface area contributed by atoms with Crippen molar-refractivity contribution in [2.75, 3.05) is 0 Å². The van der Waals surface area contributed by atoms with Crippen LogP contribution >= 0.6 is 0 Å². The van der Waals surface area contributed by atoms with Crippen LogP contribution in [0.25, 0.3) is 0 Å². The number of alkyl halides is 3. The van der Waals surface area contributed by atoms with Gasteiger partial charge in [-0.2, -0.15) is 21.6 Å². The summed E-state index contributed by atoms with van der Waals surface area (Å²) in [7, 11) is -6.42. The zero-order valence-electron chi connectivity index (χ0n) is 11.1. The highest BCUT2D eigenvalue weighted by Gasteiger charge is 2.56. The summed E-state index contributed by atoms with van der Waals surface area (Å²) in [6, 6.07) is 0. The van der Waals surface area contributed by atoms with Gasteiger partial charge in [0.05, 0.1) is 0 Å². The van der Waals surface area contributed by atoms with Gasteiger partial charge in [-0.05, 0) is 20.8 Å². The summed E-state index contributed by atoms with van der Waals surface area (Å²) < 4.78 is 66.0. The van der Waals surface area contributed by atoms with Crippen LogP contribution in [0.1, 0.15) is 27.2 Å². The standard InChI is InChI=1S/C9H13F3O8S/c1-7(2,3)19-6(15)8(16,4-5(13)14)20-21(17,18)9(10,11)12/h16H,4H2,1-3H3,(H,13,14). The van der Waals surface area contributed by atoms with Gasteiger partial charge in [0.1, 0.15) is 12.0 Å². The minimum absolute atomic E-state index is 1.25. The van der Waals surface area contributed by atoms with Crippen molar-refractivity contribution in [2.24, 2.45) is 0 Å². The predicted molar refractivity (Wildman–Crippen MR) is 59.1 cm³/mol. The summed E-state index contributed by atoms with van der Waals surface area (Å²) in [4.78, 5) is 22.0. The molecule has 0 amide bonds. The minimum atomic E-state index is -6.42. The number of hydrogen-bond acceptors (Lipinski definition) is 7. The van der Waals surface area contributed by atoms with E-state index in [0.29, 0.717) is 0 Å². The Hall–Kier alpha value is -1.40. The molecule has 0 aliphatic heterocycles. The monoisotopic (exact) mass is 338 g/mol. The smallest absolute Gasteiger partial charge is 0.481 e. The molecule has 0 heterocycles. The van der Waals surface area contributed by atoms with E-state index >= 15 is 0 Å². The molecule has 0 spiro atoms. The van der Waals surface area contributed by atoms with Crippen LogP contribution in [0.4, 0.5) is 13.2 Å². The maximum atomic E-state index is 12.2. The molecule has 0 bridgehead atoms. The minimum Gasteiger partial charge on any atom is -0.481 e. The molecule has 2 N–H and O–H groups in total. The fraction of sp³-hybridized carbons (Fsp3) is 0.778. The lowest BCUT2D eigenvalue weighted by molar-refractivity contribution is -0.216. The molecule has 21 heavy (non-hydrogen) atoms. The quantitative estimate of drug-likeness (QED) is 0.318. The zero-order chi connectivity index (χ0) is 17.3. The lowest BCUT2D eigenvalue weighted by Crippen LogP contribution is -2.50. The molecule has 0 aromatic heterocycles. The van der Waals surface area contributed by atoms with Gasteiger partial charge < -0.3 is 14.9 Å². The highest BCUT2D eigenvalue weighted by atomic mass is 32.2. The number of aliphatic hydroxyl groups is 1. The third-order valence-corrected chi connectivity index (χ3v) is 2.70. The molecule has 0 saturated carbocycles. The van der Waals surface area contributed by atoms with E-state index in [1.54, 1.807) is 0 Å². The summed E-state index contributed by atoms with van der Waals surface area (Å²) in [6.45, 7) is 3.76. The average molecular weight is 338 g/mol. The Morgan fingerprint density at radius 1 is 1.14 bits per heavy atom. The molecule has 0 aromatic carbocycles. The van der Waals surface area contributed by atoms with Gasteiger partial charge in [-0.1, -0.05) is 0 Å². The van der Waals surface area contributed by atoms with E-state index in [4.69, 9.17) is 5.11 Å². The van der Waals surface area contributed by atoms with Crippen LogP contribution < -0.4 is 0 Å². The second-order valence-corrected chi connectivity index (χ2v) is 6.38. The van der Waals surface area contributed by atoms with Gasteiger partial charge in [-0.15, -0.1) is 0 Å². The molecule has 0 aliphatic rings. The third-order valence-electron chi connectivity index (χ3n) is 1.64. The number of esters is 1. The molecule has 0 aliphatic carbocycles. The molecule has 12 heteroatoms. The first-order valence-electron chi connectivity index (χ1n) is 5.20. The lowest BCUT2D eigenvalue weighted by Gasteiger charge is -2.28. The van der Waals surface area contributed by atoms with Crippen molar-refractivity contribution in [3.63, 3.8) is 0 Å². The van der Waals surface area contributed by atoms with Crippen LogP contribution in [0.2, 0.25) is 0 Å². The largest absolute Gasteiger partial charge is 0.523 e. The molecule has 0 saturated heterocycles. The van der Waals surface area contributed by atoms with Gasteiger partial charge in [-0.3, -0.25) is 4.79 Å². The summed E-state index contributed by atoms with van der Waals surface area (Å²) >= 11 is 0. The predicted octanol–water partition coefficient (Wildman–Crippen LogP) is 0.358. The molecule has 0 rings (SSSR count). The van der Waals surface area contributed by atoms with Crippen molar-refractivity contribution >= 4 is 22.1 Å². The van der Waals surface area contributed by atoms with E-state index in [1.165, 1.54) is 20.8 Å². The Kier molecular flexibility index (Phi) is 5.39. The molecule has 1 atom stereocenters. The van der Waals surface area contributed by atoms with Crippen LogP contribution in [-0.2, 0) is 28.6 Å². The van der Waals surface area contributed by atoms with Gasteiger partial charge in [0.15, 0.2) is 0 Å². The lowest BCUT2D eigenvalue weighted by atomic mass is 10.1. The summed E-state index contributed by atoms with van der Waals surface area (Å²) in [5.41, 5.74) is -7.30. The van der Waals surface area contributed by atoms with E-state index in [1.807, 2.05) is 0 Å². The van der Waals surface area contributed by atoms with Gasteiger partial charge >= 0.3 is 27.6 Å². The summed E-state index contributed by atoms with van der Waals surface area (Å²) in [6.07, 6.45) is -1.77. The Balaban J connectivity index is 5.58. The van der Waals surface area contributed by atoms with E-state index in [0.717, 1.165) is 0 Å². The third kappa shape index (κ3) is 5.85. The van der Waals surface area contributed by atoms with Gasteiger partial charge in [0.2, 0.25) is 0 Å². The first kappa shape index (κ1) is 19.6. The van der Waals surface area contributed by atoms with Crippen molar-refractivity contribution in [2.45, 2.75) is 44.1 Å². The number of ether oxygens (including phenoxy) is 1. The molecule has 0 aromatic rings. The Morgan fingerprint density at radius 3 is 1.86 bits per heavy atom. The highest BCUT2D eigenvalue weighted by Crippen LogP contribution is 2.30. The second-order valence-electron chi connectivity index (χ2n) is 4.84. The number of carboxylic acids is 1. The van der Waals surface area contributed by atoms with Gasteiger partial charge in [0, 0.05) is 0 Å². The molecule has 124 valence electrons. The number of aliphatic carboxylic acids is 1. The van der Waals surface area contributed by atoms with Crippen molar-refractivity contribution in [1.29, 1.82) is 0 Å². The number of carbonyl (C=O) groups excluding carboxylic acids is 1. The van der Waals surface area contributed by atoms with Crippen molar-refractivity contribution < 1.29 is 50.3 Å². The summed E-state index contributed by atoms with van der Waals surface area (Å²) in [5.74, 6) is -7.81.